The topological polar surface area (TPSA) is 92.1 Å². The van der Waals surface area contributed by atoms with E-state index in [4.69, 9.17) is 5.73 Å². The number of hydrogen-bond acceptors (Lipinski definition) is 4. The standard InChI is InChI=1S/C14H18N4O2S/c1-9-14(10(2)17-16-9)21(19,20)18-7-3-4-11-5-6-12(15)8-13(11)18/h5-6,8H,3-4,7,15H2,1-2H3,(H,16,17). The fraction of sp³-hybridized carbons (Fsp3) is 0.357. The zero-order valence-corrected chi connectivity index (χ0v) is 12.9. The van der Waals surface area contributed by atoms with Crippen molar-refractivity contribution in [1.29, 1.82) is 0 Å². The van der Waals surface area contributed by atoms with Gasteiger partial charge in [-0.15, -0.1) is 0 Å². The summed E-state index contributed by atoms with van der Waals surface area (Å²) in [5.41, 5.74) is 9.13. The van der Waals surface area contributed by atoms with E-state index in [9.17, 15) is 8.42 Å². The molecule has 0 atom stereocenters. The highest BCUT2D eigenvalue weighted by atomic mass is 32.2. The first-order chi connectivity index (χ1) is 9.91. The monoisotopic (exact) mass is 306 g/mol. The van der Waals surface area contributed by atoms with Crippen LogP contribution in [0.15, 0.2) is 23.1 Å². The molecule has 6 nitrogen and oxygen atoms in total. The van der Waals surface area contributed by atoms with Gasteiger partial charge in [0.2, 0.25) is 0 Å². The van der Waals surface area contributed by atoms with Crippen LogP contribution in [0, 0.1) is 13.8 Å². The second-order valence-electron chi connectivity index (χ2n) is 5.33. The number of hydrogen-bond donors (Lipinski definition) is 2. The molecule has 2 heterocycles. The number of nitrogen functional groups attached to an aromatic ring is 1. The molecule has 3 rings (SSSR count). The van der Waals surface area contributed by atoms with Crippen molar-refractivity contribution in [2.24, 2.45) is 0 Å². The fourth-order valence-electron chi connectivity index (χ4n) is 2.84. The summed E-state index contributed by atoms with van der Waals surface area (Å²) in [6.45, 7) is 3.88. The minimum atomic E-state index is -3.63. The average Bonchev–Trinajstić information content (AvgIpc) is 2.77. The zero-order chi connectivity index (χ0) is 15.2. The Hall–Kier alpha value is -2.02. The molecule has 1 aliphatic rings. The maximum Gasteiger partial charge on any atom is 0.267 e. The molecule has 2 aromatic rings. The highest BCUT2D eigenvalue weighted by molar-refractivity contribution is 7.93. The molecule has 1 aliphatic heterocycles. The summed E-state index contributed by atoms with van der Waals surface area (Å²) in [6.07, 6.45) is 1.66. The predicted octanol–water partition coefficient (Wildman–Crippen LogP) is 1.75. The second-order valence-corrected chi connectivity index (χ2v) is 7.13. The van der Waals surface area contributed by atoms with Crippen LogP contribution in [-0.2, 0) is 16.4 Å². The van der Waals surface area contributed by atoms with Gasteiger partial charge in [-0.2, -0.15) is 5.10 Å². The number of fused-ring (bicyclic) bond motifs is 1. The van der Waals surface area contributed by atoms with Gasteiger partial charge in [0.15, 0.2) is 0 Å². The van der Waals surface area contributed by atoms with E-state index in [0.717, 1.165) is 18.4 Å². The molecule has 0 aliphatic carbocycles. The zero-order valence-electron chi connectivity index (χ0n) is 12.0. The second kappa shape index (κ2) is 4.77. The molecule has 1 aromatic carbocycles. The number of anilines is 2. The first kappa shape index (κ1) is 13.9. The predicted molar refractivity (Wildman–Crippen MR) is 81.8 cm³/mol. The van der Waals surface area contributed by atoms with E-state index in [2.05, 4.69) is 10.2 Å². The number of rotatable bonds is 2. The van der Waals surface area contributed by atoms with Gasteiger partial charge in [-0.25, -0.2) is 8.42 Å². The first-order valence-corrected chi connectivity index (χ1v) is 8.28. The van der Waals surface area contributed by atoms with E-state index in [1.54, 1.807) is 19.9 Å². The molecule has 0 unspecified atom stereocenters. The first-order valence-electron chi connectivity index (χ1n) is 6.84. The minimum Gasteiger partial charge on any atom is -0.399 e. The van der Waals surface area contributed by atoms with Crippen molar-refractivity contribution in [3.05, 3.63) is 35.2 Å². The summed E-state index contributed by atoms with van der Waals surface area (Å²) in [5.74, 6) is 0. The van der Waals surface area contributed by atoms with Crippen molar-refractivity contribution < 1.29 is 8.42 Å². The maximum atomic E-state index is 13.0. The maximum absolute atomic E-state index is 13.0. The van der Waals surface area contributed by atoms with Crippen LogP contribution in [-0.4, -0.2) is 25.2 Å². The van der Waals surface area contributed by atoms with Crippen LogP contribution in [0.1, 0.15) is 23.4 Å². The van der Waals surface area contributed by atoms with E-state index in [1.165, 1.54) is 4.31 Å². The molecule has 1 aromatic heterocycles. The van der Waals surface area contributed by atoms with Crippen LogP contribution in [0.4, 0.5) is 11.4 Å². The quantitative estimate of drug-likeness (QED) is 0.827. The Balaban J connectivity index is 2.16. The van der Waals surface area contributed by atoms with Crippen molar-refractivity contribution in [2.75, 3.05) is 16.6 Å². The van der Waals surface area contributed by atoms with Crippen LogP contribution in [0.3, 0.4) is 0 Å². The van der Waals surface area contributed by atoms with Gasteiger partial charge in [-0.1, -0.05) is 6.07 Å². The Kier molecular flexibility index (Phi) is 3.16. The van der Waals surface area contributed by atoms with Gasteiger partial charge in [-0.05, 0) is 44.4 Å². The Bertz CT molecular complexity index is 776. The van der Waals surface area contributed by atoms with Crippen molar-refractivity contribution in [3.63, 3.8) is 0 Å². The van der Waals surface area contributed by atoms with Gasteiger partial charge in [0.05, 0.1) is 17.1 Å². The van der Waals surface area contributed by atoms with Gasteiger partial charge < -0.3 is 5.73 Å². The van der Waals surface area contributed by atoms with Crippen LogP contribution < -0.4 is 10.0 Å². The number of nitrogens with one attached hydrogen (secondary N) is 1. The summed E-state index contributed by atoms with van der Waals surface area (Å²) in [4.78, 5) is 0.262. The molecule has 7 heteroatoms. The molecule has 0 bridgehead atoms. The van der Waals surface area contributed by atoms with Crippen molar-refractivity contribution in [2.45, 2.75) is 31.6 Å². The molecule has 0 radical (unpaired) electrons. The molecular weight excluding hydrogens is 288 g/mol. The number of aryl methyl sites for hydroxylation is 3. The molecule has 3 N–H and O–H groups in total. The van der Waals surface area contributed by atoms with Gasteiger partial charge in [0, 0.05) is 12.2 Å². The smallest absolute Gasteiger partial charge is 0.267 e. The third-order valence-electron chi connectivity index (χ3n) is 3.79. The van der Waals surface area contributed by atoms with Crippen LogP contribution in [0.5, 0.6) is 0 Å². The summed E-state index contributed by atoms with van der Waals surface area (Å²) in [7, 11) is -3.63. The highest BCUT2D eigenvalue weighted by Gasteiger charge is 2.32. The van der Waals surface area contributed by atoms with Crippen molar-refractivity contribution >= 4 is 21.4 Å². The molecular formula is C14H18N4O2S. The van der Waals surface area contributed by atoms with E-state index in [1.807, 2.05) is 12.1 Å². The van der Waals surface area contributed by atoms with E-state index >= 15 is 0 Å². The van der Waals surface area contributed by atoms with Crippen LogP contribution in [0.2, 0.25) is 0 Å². The Morgan fingerprint density at radius 1 is 1.33 bits per heavy atom. The summed E-state index contributed by atoms with van der Waals surface area (Å²) in [5, 5.41) is 6.73. The Labute approximate surface area is 124 Å². The molecule has 0 amide bonds. The van der Waals surface area contributed by atoms with Gasteiger partial charge in [0.25, 0.3) is 10.0 Å². The Morgan fingerprint density at radius 2 is 2.10 bits per heavy atom. The lowest BCUT2D eigenvalue weighted by atomic mass is 10.0. The number of aromatic nitrogens is 2. The normalized spacial score (nSPS) is 15.0. The van der Waals surface area contributed by atoms with Gasteiger partial charge >= 0.3 is 0 Å². The molecule has 0 saturated carbocycles. The minimum absolute atomic E-state index is 0.262. The lowest BCUT2D eigenvalue weighted by molar-refractivity contribution is 0.585. The van der Waals surface area contributed by atoms with Crippen molar-refractivity contribution in [3.8, 4) is 0 Å². The third-order valence-corrected chi connectivity index (χ3v) is 5.87. The third kappa shape index (κ3) is 2.17. The lowest BCUT2D eigenvalue weighted by Gasteiger charge is -2.30. The fourth-order valence-corrected chi connectivity index (χ4v) is 4.71. The van der Waals surface area contributed by atoms with Crippen LogP contribution >= 0.6 is 0 Å². The number of sulfonamides is 1. The van der Waals surface area contributed by atoms with Crippen molar-refractivity contribution in [1.82, 2.24) is 10.2 Å². The van der Waals surface area contributed by atoms with E-state index < -0.39 is 10.0 Å². The molecule has 0 saturated heterocycles. The molecule has 0 spiro atoms. The number of benzene rings is 1. The van der Waals surface area contributed by atoms with Gasteiger partial charge in [0.1, 0.15) is 4.90 Å². The largest absolute Gasteiger partial charge is 0.399 e. The Morgan fingerprint density at radius 3 is 2.76 bits per heavy atom. The SMILES string of the molecule is Cc1n[nH]c(C)c1S(=O)(=O)N1CCCc2ccc(N)cc21. The number of H-pyrrole nitrogens is 1. The number of aromatic amines is 1. The summed E-state index contributed by atoms with van der Waals surface area (Å²) >= 11 is 0. The molecule has 0 fully saturated rings. The van der Waals surface area contributed by atoms with Gasteiger partial charge in [-0.3, -0.25) is 9.40 Å². The molecule has 112 valence electrons. The average molecular weight is 306 g/mol. The summed E-state index contributed by atoms with van der Waals surface area (Å²) < 4.78 is 27.4. The van der Waals surface area contributed by atoms with E-state index in [-0.39, 0.29) is 4.90 Å². The van der Waals surface area contributed by atoms with Crippen LogP contribution in [0.25, 0.3) is 0 Å². The summed E-state index contributed by atoms with van der Waals surface area (Å²) in [6, 6.07) is 5.45. The number of nitrogens with zero attached hydrogens (tertiary/aromatic N) is 2. The number of nitrogens with two attached hydrogens (primary N) is 1. The lowest BCUT2D eigenvalue weighted by Crippen LogP contribution is -2.36. The van der Waals surface area contributed by atoms with E-state index in [0.29, 0.717) is 29.3 Å². The molecule has 21 heavy (non-hydrogen) atoms. The highest BCUT2D eigenvalue weighted by Crippen LogP contribution is 2.34.